The van der Waals surface area contributed by atoms with Gasteiger partial charge in [0.2, 0.25) is 0 Å². The first kappa shape index (κ1) is 15.4. The smallest absolute Gasteiger partial charge is 0.337 e. The average molecular weight is 300 g/mol. The first-order valence-electron chi connectivity index (χ1n) is 6.49. The van der Waals surface area contributed by atoms with Crippen LogP contribution in [0.5, 0.6) is 11.5 Å². The van der Waals surface area contributed by atoms with Crippen molar-refractivity contribution in [2.24, 2.45) is 0 Å². The van der Waals surface area contributed by atoms with E-state index in [1.807, 2.05) is 13.0 Å². The van der Waals surface area contributed by atoms with E-state index in [9.17, 15) is 14.7 Å². The number of hydrogen-bond acceptors (Lipinski definition) is 4. The third-order valence-corrected chi connectivity index (χ3v) is 2.85. The molecule has 0 atom stereocenters. The summed E-state index contributed by atoms with van der Waals surface area (Å²) in [6.07, 6.45) is 0. The van der Waals surface area contributed by atoms with E-state index >= 15 is 0 Å². The minimum absolute atomic E-state index is 0.0601. The summed E-state index contributed by atoms with van der Waals surface area (Å²) in [6, 6.07) is 10.6. The van der Waals surface area contributed by atoms with E-state index in [1.165, 1.54) is 12.1 Å². The van der Waals surface area contributed by atoms with Crippen molar-refractivity contribution >= 4 is 17.6 Å². The van der Waals surface area contributed by atoms with Gasteiger partial charge in [0.25, 0.3) is 5.91 Å². The average Bonchev–Trinajstić information content (AvgIpc) is 2.47. The van der Waals surface area contributed by atoms with Crippen molar-refractivity contribution in [3.05, 3.63) is 53.6 Å². The quantitative estimate of drug-likeness (QED) is 0.877. The molecule has 22 heavy (non-hydrogen) atoms. The molecular formula is C16H14NO5-. The van der Waals surface area contributed by atoms with Crippen LogP contribution in [-0.4, -0.2) is 23.6 Å². The Balaban J connectivity index is 2.02. The molecule has 0 aliphatic heterocycles. The number of hydrogen-bond donors (Lipinski definition) is 2. The predicted molar refractivity (Wildman–Crippen MR) is 78.2 cm³/mol. The summed E-state index contributed by atoms with van der Waals surface area (Å²) in [5.41, 5.74) is 0.804. The van der Waals surface area contributed by atoms with Crippen molar-refractivity contribution in [1.82, 2.24) is 0 Å². The van der Waals surface area contributed by atoms with E-state index in [1.54, 1.807) is 18.2 Å². The van der Waals surface area contributed by atoms with Crippen LogP contribution in [0.25, 0.3) is 0 Å². The molecule has 0 saturated carbocycles. The van der Waals surface area contributed by atoms with E-state index in [-0.39, 0.29) is 17.9 Å². The second-order valence-corrected chi connectivity index (χ2v) is 4.67. The van der Waals surface area contributed by atoms with Gasteiger partial charge in [-0.25, -0.2) is 4.79 Å². The third kappa shape index (κ3) is 3.99. The van der Waals surface area contributed by atoms with E-state index in [0.29, 0.717) is 5.75 Å². The minimum atomic E-state index is -1.28. The Bertz CT molecular complexity index is 711. The number of carboxylic acids is 1. The van der Waals surface area contributed by atoms with Crippen LogP contribution in [0.4, 0.5) is 5.69 Å². The summed E-state index contributed by atoms with van der Waals surface area (Å²) in [7, 11) is 0. The molecule has 2 aromatic carbocycles. The zero-order valence-electron chi connectivity index (χ0n) is 11.8. The van der Waals surface area contributed by atoms with Crippen LogP contribution >= 0.6 is 0 Å². The fraction of sp³-hybridized carbons (Fsp3) is 0.125. The Labute approximate surface area is 127 Å². The number of carbonyl (C=O) groups is 2. The largest absolute Gasteiger partial charge is 0.872 e. The molecular weight excluding hydrogens is 286 g/mol. The molecule has 2 N–H and O–H groups in total. The number of amides is 1. The number of benzene rings is 2. The summed E-state index contributed by atoms with van der Waals surface area (Å²) in [5.74, 6) is -1.69. The van der Waals surface area contributed by atoms with Crippen LogP contribution in [0.3, 0.4) is 0 Å². The Morgan fingerprint density at radius 3 is 2.68 bits per heavy atom. The zero-order chi connectivity index (χ0) is 16.1. The second-order valence-electron chi connectivity index (χ2n) is 4.67. The molecule has 0 fully saturated rings. The lowest BCUT2D eigenvalue weighted by Gasteiger charge is -2.12. The van der Waals surface area contributed by atoms with Gasteiger partial charge in [-0.1, -0.05) is 24.3 Å². The fourth-order valence-corrected chi connectivity index (χ4v) is 1.85. The van der Waals surface area contributed by atoms with Gasteiger partial charge in [0.1, 0.15) is 5.75 Å². The Morgan fingerprint density at radius 1 is 1.23 bits per heavy atom. The lowest BCUT2D eigenvalue weighted by Crippen LogP contribution is -2.21. The van der Waals surface area contributed by atoms with Crippen molar-refractivity contribution in [3.63, 3.8) is 0 Å². The zero-order valence-corrected chi connectivity index (χ0v) is 11.8. The van der Waals surface area contributed by atoms with Crippen LogP contribution in [0.15, 0.2) is 42.5 Å². The molecule has 0 aromatic heterocycles. The molecule has 2 aromatic rings. The summed E-state index contributed by atoms with van der Waals surface area (Å²) in [4.78, 5) is 22.9. The molecule has 114 valence electrons. The van der Waals surface area contributed by atoms with Gasteiger partial charge in [0.05, 0.1) is 11.3 Å². The van der Waals surface area contributed by atoms with Crippen LogP contribution in [0.2, 0.25) is 0 Å². The molecule has 0 bridgehead atoms. The van der Waals surface area contributed by atoms with Crippen molar-refractivity contribution < 1.29 is 24.5 Å². The first-order chi connectivity index (χ1) is 10.5. The molecule has 0 saturated heterocycles. The van der Waals surface area contributed by atoms with Gasteiger partial charge in [0.15, 0.2) is 6.61 Å². The maximum atomic E-state index is 11.8. The van der Waals surface area contributed by atoms with Crippen LogP contribution in [0.1, 0.15) is 15.9 Å². The highest BCUT2D eigenvalue weighted by atomic mass is 16.5. The molecule has 6 heteroatoms. The summed E-state index contributed by atoms with van der Waals surface area (Å²) >= 11 is 0. The van der Waals surface area contributed by atoms with Crippen LogP contribution < -0.4 is 15.2 Å². The lowest BCUT2D eigenvalue weighted by molar-refractivity contribution is -0.268. The highest BCUT2D eigenvalue weighted by molar-refractivity contribution is 6.01. The van der Waals surface area contributed by atoms with Crippen molar-refractivity contribution in [2.45, 2.75) is 6.92 Å². The predicted octanol–water partition coefficient (Wildman–Crippen LogP) is 1.78. The number of carboxylic acid groups (broad SMARTS) is 1. The van der Waals surface area contributed by atoms with Gasteiger partial charge in [-0.15, -0.1) is 5.75 Å². The highest BCUT2D eigenvalue weighted by Gasteiger charge is 2.12. The van der Waals surface area contributed by atoms with E-state index in [0.717, 1.165) is 11.6 Å². The second kappa shape index (κ2) is 6.62. The normalized spacial score (nSPS) is 10.0. The molecule has 0 heterocycles. The Hall–Kier alpha value is -3.02. The number of rotatable bonds is 5. The molecule has 0 spiro atoms. The molecule has 0 radical (unpaired) electrons. The molecule has 0 aliphatic carbocycles. The number of carbonyl (C=O) groups excluding carboxylic acids is 1. The minimum Gasteiger partial charge on any atom is -0.872 e. The van der Waals surface area contributed by atoms with Gasteiger partial charge < -0.3 is 20.3 Å². The summed E-state index contributed by atoms with van der Waals surface area (Å²) in [5, 5.41) is 22.6. The van der Waals surface area contributed by atoms with Crippen molar-refractivity contribution in [3.8, 4) is 11.5 Å². The van der Waals surface area contributed by atoms with Crippen LogP contribution in [-0.2, 0) is 4.79 Å². The fourth-order valence-electron chi connectivity index (χ4n) is 1.85. The number of ether oxygens (including phenoxy) is 1. The molecule has 0 unspecified atom stereocenters. The molecule has 2 rings (SSSR count). The highest BCUT2D eigenvalue weighted by Crippen LogP contribution is 2.20. The number of nitrogens with one attached hydrogen (secondary N) is 1. The Kier molecular flexibility index (Phi) is 4.63. The van der Waals surface area contributed by atoms with E-state index in [2.05, 4.69) is 5.32 Å². The van der Waals surface area contributed by atoms with Crippen LogP contribution in [0, 0.1) is 6.92 Å². The number of anilines is 1. The SMILES string of the molecule is Cc1cccc(OCC(=O)Nc2ccc([O-])cc2C(=O)O)c1. The number of aromatic carboxylic acids is 1. The van der Waals surface area contributed by atoms with Gasteiger partial charge in [-0.05, 0) is 30.7 Å². The van der Waals surface area contributed by atoms with Gasteiger partial charge >= 0.3 is 5.97 Å². The first-order valence-corrected chi connectivity index (χ1v) is 6.49. The monoisotopic (exact) mass is 300 g/mol. The summed E-state index contributed by atoms with van der Waals surface area (Å²) < 4.78 is 5.32. The topological polar surface area (TPSA) is 98.7 Å². The van der Waals surface area contributed by atoms with E-state index < -0.39 is 17.6 Å². The standard InChI is InChI=1S/C16H15NO5/c1-10-3-2-4-12(7-10)22-9-15(19)17-14-6-5-11(18)8-13(14)16(20)21/h2-8,18H,9H2,1H3,(H,17,19)(H,20,21)/p-1. The van der Waals surface area contributed by atoms with Crippen molar-refractivity contribution in [2.75, 3.05) is 11.9 Å². The maximum Gasteiger partial charge on any atom is 0.337 e. The van der Waals surface area contributed by atoms with Gasteiger partial charge in [-0.3, -0.25) is 4.79 Å². The molecule has 6 nitrogen and oxygen atoms in total. The maximum absolute atomic E-state index is 11.8. The van der Waals surface area contributed by atoms with Gasteiger partial charge in [0, 0.05) is 0 Å². The molecule has 1 amide bonds. The number of aryl methyl sites for hydroxylation is 1. The van der Waals surface area contributed by atoms with Crippen molar-refractivity contribution in [1.29, 1.82) is 0 Å². The summed E-state index contributed by atoms with van der Waals surface area (Å²) in [6.45, 7) is 1.64. The van der Waals surface area contributed by atoms with Gasteiger partial charge in [-0.2, -0.15) is 0 Å². The van der Waals surface area contributed by atoms with E-state index in [4.69, 9.17) is 9.84 Å². The lowest BCUT2D eigenvalue weighted by atomic mass is 10.1. The Morgan fingerprint density at radius 2 is 2.00 bits per heavy atom. The molecule has 0 aliphatic rings. The third-order valence-electron chi connectivity index (χ3n) is 2.85.